The van der Waals surface area contributed by atoms with Crippen molar-refractivity contribution >= 4 is 51.1 Å². The van der Waals surface area contributed by atoms with Crippen molar-refractivity contribution in [3.63, 3.8) is 0 Å². The maximum atomic E-state index is 4.50. The minimum atomic E-state index is 0.805. The molecule has 0 aliphatic heterocycles. The summed E-state index contributed by atoms with van der Waals surface area (Å²) in [5.74, 6) is 0. The first-order valence-corrected chi connectivity index (χ1v) is 16.3. The Kier molecular flexibility index (Phi) is 10.9. The van der Waals surface area contributed by atoms with Crippen LogP contribution in [0.4, 0.5) is 11.4 Å². The Hall–Kier alpha value is -5.05. The zero-order valence-electron chi connectivity index (χ0n) is 25.8. The third-order valence-corrected chi connectivity index (χ3v) is 8.22. The molecule has 0 bridgehead atoms. The van der Waals surface area contributed by atoms with Crippen LogP contribution in [0.15, 0.2) is 168 Å². The molecule has 0 amide bonds. The Morgan fingerprint density at radius 3 is 2.20 bits per heavy atom. The average Bonchev–Trinajstić information content (AvgIpc) is 3.59. The van der Waals surface area contributed by atoms with Crippen molar-refractivity contribution in [2.24, 2.45) is 5.73 Å². The van der Waals surface area contributed by atoms with Crippen LogP contribution >= 0.6 is 11.8 Å². The molecular formula is C42H38N2S. The number of rotatable bonds is 10. The Balaban J connectivity index is 0.00000196. The average molecular weight is 603 g/mol. The maximum Gasteiger partial charge on any atom is 0.0537 e. The van der Waals surface area contributed by atoms with Crippen molar-refractivity contribution in [2.75, 3.05) is 18.6 Å². The molecule has 0 unspecified atom stereocenters. The number of hydrogen-bond acceptors (Lipinski definition) is 3. The Morgan fingerprint density at radius 1 is 0.800 bits per heavy atom. The van der Waals surface area contributed by atoms with Crippen molar-refractivity contribution in [3.05, 3.63) is 191 Å². The molecule has 3 heteroatoms. The molecule has 0 spiro atoms. The van der Waals surface area contributed by atoms with Gasteiger partial charge in [0, 0.05) is 16.6 Å². The Morgan fingerprint density at radius 2 is 1.49 bits per heavy atom. The predicted octanol–water partition coefficient (Wildman–Crippen LogP) is 11.0. The topological polar surface area (TPSA) is 38.0 Å². The number of anilines is 2. The van der Waals surface area contributed by atoms with E-state index in [0.717, 1.165) is 33.8 Å². The highest BCUT2D eigenvalue weighted by Gasteiger charge is 2.12. The maximum absolute atomic E-state index is 4.50. The summed E-state index contributed by atoms with van der Waals surface area (Å²) in [5.41, 5.74) is 18.5. The summed E-state index contributed by atoms with van der Waals surface area (Å²) in [7, 11) is 1.50. The molecule has 0 saturated heterocycles. The number of hydrogen-bond donors (Lipinski definition) is 2. The molecule has 0 saturated carbocycles. The van der Waals surface area contributed by atoms with Gasteiger partial charge in [-0.1, -0.05) is 122 Å². The second kappa shape index (κ2) is 15.6. The number of thioether (sulfide) groups is 1. The molecule has 5 aromatic carbocycles. The van der Waals surface area contributed by atoms with Crippen molar-refractivity contribution < 1.29 is 0 Å². The molecule has 0 heterocycles. The second-order valence-electron chi connectivity index (χ2n) is 10.4. The minimum Gasteiger partial charge on any atom is -0.355 e. The largest absolute Gasteiger partial charge is 0.355 e. The first-order valence-electron chi connectivity index (χ1n) is 15.0. The Bertz CT molecular complexity index is 1930. The minimum absolute atomic E-state index is 0.805. The molecular weight excluding hydrogens is 565 g/mol. The summed E-state index contributed by atoms with van der Waals surface area (Å²) in [6.07, 6.45) is 13.8. The van der Waals surface area contributed by atoms with Gasteiger partial charge in [0.05, 0.1) is 5.69 Å². The molecule has 6 rings (SSSR count). The first-order chi connectivity index (χ1) is 22.2. The SMILES string of the molecule is C=C(/C=C\c1ccc2cc(/C(=C\CC3=C=C(c4ccccc4)C=C3)c3ccccc3)ccc2c1Nc1ccccc1)SC.CN. The number of para-hydroxylation sites is 1. The molecule has 222 valence electrons. The fourth-order valence-corrected chi connectivity index (χ4v) is 5.49. The van der Waals surface area contributed by atoms with E-state index in [1.54, 1.807) is 11.8 Å². The fraction of sp³-hybridized carbons (Fsp3) is 0.0714. The van der Waals surface area contributed by atoms with Gasteiger partial charge in [-0.25, -0.2) is 0 Å². The summed E-state index contributed by atoms with van der Waals surface area (Å²) < 4.78 is 0. The van der Waals surface area contributed by atoms with Gasteiger partial charge in [-0.3, -0.25) is 0 Å². The highest BCUT2D eigenvalue weighted by molar-refractivity contribution is 8.02. The van der Waals surface area contributed by atoms with Crippen LogP contribution in [0, 0.1) is 0 Å². The quantitative estimate of drug-likeness (QED) is 0.123. The van der Waals surface area contributed by atoms with Gasteiger partial charge in [0.2, 0.25) is 0 Å². The van der Waals surface area contributed by atoms with Crippen LogP contribution in [0.2, 0.25) is 0 Å². The third-order valence-electron chi connectivity index (χ3n) is 7.56. The monoisotopic (exact) mass is 602 g/mol. The molecule has 0 atom stereocenters. The van der Waals surface area contributed by atoms with Crippen LogP contribution in [0.25, 0.3) is 28.0 Å². The van der Waals surface area contributed by atoms with E-state index in [0.29, 0.717) is 0 Å². The van der Waals surface area contributed by atoms with Crippen LogP contribution < -0.4 is 11.1 Å². The standard InChI is InChI=1S/C41H33NS.CH5N/c1-30(43-2)18-21-34-23-24-37-29-36(25-27-40(37)41(34)42-38-16-10-5-11-17-38)39(33-14-8-4-9-15-33)26-20-31-19-22-35(28-31)32-12-6-3-7-13-32;1-2/h3-19,21-27,29,42H,1,20H2,2H3;2H2,1H3/b21-18-,39-26-;. The molecule has 0 fully saturated rings. The van der Waals surface area contributed by atoms with Gasteiger partial charge in [-0.2, -0.15) is 0 Å². The molecule has 1 aliphatic rings. The fourth-order valence-electron chi connectivity index (χ4n) is 5.29. The summed E-state index contributed by atoms with van der Waals surface area (Å²) in [5, 5.41) is 6.05. The zero-order chi connectivity index (χ0) is 31.4. The van der Waals surface area contributed by atoms with Crippen LogP contribution in [0.1, 0.15) is 28.7 Å². The summed E-state index contributed by atoms with van der Waals surface area (Å²) >= 11 is 1.65. The summed E-state index contributed by atoms with van der Waals surface area (Å²) in [4.78, 5) is 1.02. The van der Waals surface area contributed by atoms with Gasteiger partial charge < -0.3 is 11.1 Å². The van der Waals surface area contributed by atoms with E-state index in [9.17, 15) is 0 Å². The van der Waals surface area contributed by atoms with Crippen molar-refractivity contribution in [2.45, 2.75) is 6.42 Å². The molecule has 0 aromatic heterocycles. The highest BCUT2D eigenvalue weighted by Crippen LogP contribution is 2.35. The van der Waals surface area contributed by atoms with Gasteiger partial charge in [0.25, 0.3) is 0 Å². The van der Waals surface area contributed by atoms with Crippen LogP contribution in [0.3, 0.4) is 0 Å². The van der Waals surface area contributed by atoms with Crippen LogP contribution in [0.5, 0.6) is 0 Å². The van der Waals surface area contributed by atoms with E-state index in [4.69, 9.17) is 0 Å². The smallest absolute Gasteiger partial charge is 0.0537 e. The second-order valence-corrected chi connectivity index (χ2v) is 11.3. The van der Waals surface area contributed by atoms with E-state index < -0.39 is 0 Å². The number of fused-ring (bicyclic) bond motifs is 1. The normalized spacial score (nSPS) is 12.5. The summed E-state index contributed by atoms with van der Waals surface area (Å²) in [6.45, 7) is 4.13. The highest BCUT2D eigenvalue weighted by atomic mass is 32.2. The molecule has 0 radical (unpaired) electrons. The lowest BCUT2D eigenvalue weighted by molar-refractivity contribution is 1.30. The van der Waals surface area contributed by atoms with E-state index in [1.807, 2.05) is 18.4 Å². The number of allylic oxidation sites excluding steroid dienone is 5. The van der Waals surface area contributed by atoms with Crippen molar-refractivity contribution in [3.8, 4) is 0 Å². The first kappa shape index (κ1) is 31.4. The van der Waals surface area contributed by atoms with E-state index in [-0.39, 0.29) is 0 Å². The lowest BCUT2D eigenvalue weighted by Crippen LogP contribution is -1.96. The predicted molar refractivity (Wildman–Crippen MR) is 200 cm³/mol. The van der Waals surface area contributed by atoms with Crippen molar-refractivity contribution in [1.82, 2.24) is 0 Å². The van der Waals surface area contributed by atoms with E-state index >= 15 is 0 Å². The molecule has 3 N–H and O–H groups in total. The number of nitrogens with one attached hydrogen (secondary N) is 1. The number of benzene rings is 5. The number of nitrogens with two attached hydrogens (primary N) is 1. The third kappa shape index (κ3) is 7.92. The molecule has 1 aliphatic carbocycles. The van der Waals surface area contributed by atoms with Crippen molar-refractivity contribution in [1.29, 1.82) is 0 Å². The van der Waals surface area contributed by atoms with Gasteiger partial charge in [0.1, 0.15) is 0 Å². The van der Waals surface area contributed by atoms with Crippen LogP contribution in [-0.4, -0.2) is 13.3 Å². The lowest BCUT2D eigenvalue weighted by atomic mass is 9.93. The van der Waals surface area contributed by atoms with Gasteiger partial charge in [-0.15, -0.1) is 17.5 Å². The zero-order valence-corrected chi connectivity index (χ0v) is 26.7. The lowest BCUT2D eigenvalue weighted by Gasteiger charge is -2.16. The van der Waals surface area contributed by atoms with E-state index in [2.05, 4.69) is 163 Å². The van der Waals surface area contributed by atoms with Gasteiger partial charge in [0.15, 0.2) is 0 Å². The molecule has 2 nitrogen and oxygen atoms in total. The van der Waals surface area contributed by atoms with E-state index in [1.165, 1.54) is 45.7 Å². The van der Waals surface area contributed by atoms with Gasteiger partial charge in [-0.05, 0) is 99.8 Å². The molecule has 45 heavy (non-hydrogen) atoms. The van der Waals surface area contributed by atoms with Gasteiger partial charge >= 0.3 is 0 Å². The molecule has 5 aromatic rings. The Labute approximate surface area is 271 Å². The van der Waals surface area contributed by atoms with Crippen LogP contribution in [-0.2, 0) is 0 Å². The summed E-state index contributed by atoms with van der Waals surface area (Å²) in [6, 6.07) is 42.7.